The number of rotatable bonds is 0. The van der Waals surface area contributed by atoms with Gasteiger partial charge in [-0.15, -0.1) is 0 Å². The molecule has 0 aliphatic carbocycles. The molecule has 1 heterocycles. The predicted molar refractivity (Wildman–Crippen MR) is 33.1 cm³/mol. The van der Waals surface area contributed by atoms with E-state index < -0.39 is 11.7 Å². The average molecular weight is 181 g/mol. The average Bonchev–Trinajstić information content (AvgIpc) is 1.86. The summed E-state index contributed by atoms with van der Waals surface area (Å²) in [5.41, 5.74) is -0.836. The van der Waals surface area contributed by atoms with Gasteiger partial charge in [0, 0.05) is 0 Å². The van der Waals surface area contributed by atoms with Crippen LogP contribution in [0.3, 0.4) is 0 Å². The van der Waals surface area contributed by atoms with E-state index in [1.807, 2.05) is 6.20 Å². The molecule has 0 bridgehead atoms. The van der Waals surface area contributed by atoms with Crippen LogP contribution in [0.1, 0.15) is 5.56 Å². The van der Waals surface area contributed by atoms with Crippen LogP contribution in [-0.2, 0) is 6.18 Å². The van der Waals surface area contributed by atoms with E-state index in [4.69, 9.17) is 11.6 Å². The van der Waals surface area contributed by atoms with Crippen molar-refractivity contribution in [3.63, 3.8) is 0 Å². The van der Waals surface area contributed by atoms with Gasteiger partial charge in [-0.05, 0) is 12.1 Å². The van der Waals surface area contributed by atoms with Crippen molar-refractivity contribution in [1.29, 1.82) is 0 Å². The highest BCUT2D eigenvalue weighted by atomic mass is 35.5. The van der Waals surface area contributed by atoms with Gasteiger partial charge in [0.15, 0.2) is 0 Å². The van der Waals surface area contributed by atoms with Gasteiger partial charge in [0.05, 0.1) is 11.8 Å². The highest BCUT2D eigenvalue weighted by Crippen LogP contribution is 2.29. The quantitative estimate of drug-likeness (QED) is 0.559. The van der Waals surface area contributed by atoms with E-state index in [2.05, 4.69) is 4.98 Å². The molecule has 0 atom stereocenters. The van der Waals surface area contributed by atoms with Crippen LogP contribution >= 0.6 is 11.6 Å². The first kappa shape index (κ1) is 8.33. The first-order chi connectivity index (χ1) is 5.00. The summed E-state index contributed by atoms with van der Waals surface area (Å²) in [6.45, 7) is 0. The second-order valence-electron chi connectivity index (χ2n) is 1.81. The van der Waals surface area contributed by atoms with Crippen molar-refractivity contribution in [2.45, 2.75) is 6.18 Å². The Morgan fingerprint density at radius 1 is 1.45 bits per heavy atom. The lowest BCUT2D eigenvalue weighted by molar-refractivity contribution is -0.137. The molecule has 0 saturated carbocycles. The molecule has 0 spiro atoms. The largest absolute Gasteiger partial charge is 0.416 e. The smallest absolute Gasteiger partial charge is 0.234 e. The maximum atomic E-state index is 11.9. The topological polar surface area (TPSA) is 12.9 Å². The fraction of sp³-hybridized carbons (Fsp3) is 0.167. The van der Waals surface area contributed by atoms with E-state index in [9.17, 15) is 13.2 Å². The molecule has 1 aromatic rings. The molecule has 0 aliphatic rings. The highest BCUT2D eigenvalue weighted by Gasteiger charge is 2.30. The lowest BCUT2D eigenvalue weighted by Crippen LogP contribution is -2.04. The molecule has 11 heavy (non-hydrogen) atoms. The van der Waals surface area contributed by atoms with Crippen molar-refractivity contribution in [3.8, 4) is 0 Å². The number of hydrogen-bond donors (Lipinski definition) is 0. The molecule has 1 radical (unpaired) electrons. The minimum absolute atomic E-state index is 0.208. The van der Waals surface area contributed by atoms with Gasteiger partial charge >= 0.3 is 6.18 Å². The standard InChI is InChI=1S/C6H2ClF3N/c7-5-3-4(1-2-11-5)6(8,9)10/h1,3H. The van der Waals surface area contributed by atoms with Crippen LogP contribution in [0.5, 0.6) is 0 Å². The first-order valence-corrected chi connectivity index (χ1v) is 2.99. The number of pyridine rings is 1. The number of nitrogens with zero attached hydrogens (tertiary/aromatic N) is 1. The fourth-order valence-corrected chi connectivity index (χ4v) is 0.696. The van der Waals surface area contributed by atoms with Gasteiger partial charge < -0.3 is 0 Å². The van der Waals surface area contributed by atoms with Crippen molar-refractivity contribution < 1.29 is 13.2 Å². The Hall–Kier alpha value is -0.770. The molecule has 0 unspecified atom stereocenters. The van der Waals surface area contributed by atoms with Gasteiger partial charge in [-0.25, -0.2) is 4.98 Å². The summed E-state index contributed by atoms with van der Waals surface area (Å²) < 4.78 is 35.6. The van der Waals surface area contributed by atoms with E-state index in [1.54, 1.807) is 0 Å². The van der Waals surface area contributed by atoms with Crippen LogP contribution in [0.15, 0.2) is 12.1 Å². The fourth-order valence-electron chi connectivity index (χ4n) is 0.529. The Bertz CT molecular complexity index is 258. The van der Waals surface area contributed by atoms with Crippen LogP contribution < -0.4 is 0 Å². The third-order valence-corrected chi connectivity index (χ3v) is 1.19. The summed E-state index contributed by atoms with van der Waals surface area (Å²) in [6, 6.07) is 1.49. The van der Waals surface area contributed by atoms with E-state index in [0.717, 1.165) is 12.1 Å². The van der Waals surface area contributed by atoms with Crippen LogP contribution in [0.2, 0.25) is 5.15 Å². The Morgan fingerprint density at radius 2 is 2.09 bits per heavy atom. The zero-order valence-electron chi connectivity index (χ0n) is 5.11. The molecule has 59 valence electrons. The van der Waals surface area contributed by atoms with Gasteiger partial charge in [-0.1, -0.05) is 11.6 Å². The second-order valence-corrected chi connectivity index (χ2v) is 2.19. The molecule has 1 nitrogen and oxygen atoms in total. The summed E-state index contributed by atoms with van der Waals surface area (Å²) >= 11 is 5.21. The molecule has 1 rings (SSSR count). The van der Waals surface area contributed by atoms with Gasteiger partial charge in [0.1, 0.15) is 5.15 Å². The second kappa shape index (κ2) is 2.70. The molecule has 0 N–H and O–H groups in total. The van der Waals surface area contributed by atoms with Gasteiger partial charge in [-0.2, -0.15) is 13.2 Å². The Kier molecular flexibility index (Phi) is 2.04. The Labute approximate surface area is 65.8 Å². The molecule has 0 aliphatic heterocycles. The van der Waals surface area contributed by atoms with Gasteiger partial charge in [0.2, 0.25) is 0 Å². The molecule has 1 aromatic heterocycles. The summed E-state index contributed by atoms with van der Waals surface area (Å²) in [5.74, 6) is 0. The summed E-state index contributed by atoms with van der Waals surface area (Å²) in [5, 5.41) is -0.208. The predicted octanol–water partition coefficient (Wildman–Crippen LogP) is 2.55. The van der Waals surface area contributed by atoms with Crippen molar-refractivity contribution in [2.24, 2.45) is 0 Å². The first-order valence-electron chi connectivity index (χ1n) is 2.61. The third kappa shape index (κ3) is 2.08. The molecule has 0 saturated heterocycles. The lowest BCUT2D eigenvalue weighted by atomic mass is 10.3. The minimum Gasteiger partial charge on any atom is -0.234 e. The van der Waals surface area contributed by atoms with Crippen LogP contribution in [0, 0.1) is 6.20 Å². The zero-order valence-corrected chi connectivity index (χ0v) is 5.87. The number of hydrogen-bond acceptors (Lipinski definition) is 1. The summed E-state index contributed by atoms with van der Waals surface area (Å²) in [7, 11) is 0. The lowest BCUT2D eigenvalue weighted by Gasteiger charge is -2.04. The monoisotopic (exact) mass is 180 g/mol. The van der Waals surface area contributed by atoms with Crippen LogP contribution in [-0.4, -0.2) is 4.98 Å². The molecule has 0 aromatic carbocycles. The van der Waals surface area contributed by atoms with Crippen LogP contribution in [0.4, 0.5) is 13.2 Å². The molecule has 0 amide bonds. The number of halogens is 4. The zero-order chi connectivity index (χ0) is 8.48. The Balaban J connectivity index is 3.06. The van der Waals surface area contributed by atoms with Crippen molar-refractivity contribution >= 4 is 11.6 Å². The van der Waals surface area contributed by atoms with Crippen molar-refractivity contribution in [3.05, 3.63) is 29.0 Å². The number of alkyl halides is 3. The van der Waals surface area contributed by atoms with Gasteiger partial charge in [0.25, 0.3) is 0 Å². The van der Waals surface area contributed by atoms with Crippen LogP contribution in [0.25, 0.3) is 0 Å². The minimum atomic E-state index is -4.37. The third-order valence-electron chi connectivity index (χ3n) is 0.993. The molecular formula is C6H2ClF3N. The number of aromatic nitrogens is 1. The molecule has 0 fully saturated rings. The Morgan fingerprint density at radius 3 is 2.45 bits per heavy atom. The van der Waals surface area contributed by atoms with E-state index in [0.29, 0.717) is 0 Å². The summed E-state index contributed by atoms with van der Waals surface area (Å²) in [4.78, 5) is 3.29. The summed E-state index contributed by atoms with van der Waals surface area (Å²) in [6.07, 6.45) is -2.34. The van der Waals surface area contributed by atoms with Crippen molar-refractivity contribution in [1.82, 2.24) is 4.98 Å². The van der Waals surface area contributed by atoms with E-state index in [-0.39, 0.29) is 5.15 Å². The maximum Gasteiger partial charge on any atom is 0.416 e. The van der Waals surface area contributed by atoms with E-state index >= 15 is 0 Å². The maximum absolute atomic E-state index is 11.9. The normalized spacial score (nSPS) is 11.6. The molecular weight excluding hydrogens is 179 g/mol. The molecule has 5 heteroatoms. The highest BCUT2D eigenvalue weighted by molar-refractivity contribution is 6.29. The van der Waals surface area contributed by atoms with Crippen molar-refractivity contribution in [2.75, 3.05) is 0 Å². The van der Waals surface area contributed by atoms with Gasteiger partial charge in [-0.3, -0.25) is 0 Å². The van der Waals surface area contributed by atoms with E-state index in [1.165, 1.54) is 0 Å². The SMILES string of the molecule is FC(F)(F)c1c[c]nc(Cl)c1.